The highest BCUT2D eigenvalue weighted by Gasteiger charge is 2.30. The average molecular weight is 312 g/mol. The first-order valence-electron chi connectivity index (χ1n) is 8.18. The summed E-state index contributed by atoms with van der Waals surface area (Å²) in [6.45, 7) is 4.08. The van der Waals surface area contributed by atoms with Crippen molar-refractivity contribution in [1.29, 1.82) is 0 Å². The van der Waals surface area contributed by atoms with Crippen LogP contribution in [0.15, 0.2) is 12.2 Å². The first-order chi connectivity index (χ1) is 10.7. The molecule has 0 aromatic rings. The summed E-state index contributed by atoms with van der Waals surface area (Å²) in [7, 11) is 1.61. The van der Waals surface area contributed by atoms with Crippen molar-refractivity contribution in [2.24, 2.45) is 0 Å². The lowest BCUT2D eigenvalue weighted by Gasteiger charge is -2.26. The standard InChI is InChI=1S/C16H28N2O4/c1-21-14-6-3-2-5-13(16(14)20)17-15(19)7-4-8-18-9-11-22-12-10-18/h4,7,13-14,16,20H,2-3,5-6,8-12H2,1H3,(H,17,19)/b7-4+/t13-,14-,16-/m1/s1. The molecule has 126 valence electrons. The molecule has 2 N–H and O–H groups in total. The molecule has 1 aliphatic heterocycles. The van der Waals surface area contributed by atoms with Crippen LogP contribution in [0, 0.1) is 0 Å². The zero-order valence-corrected chi connectivity index (χ0v) is 13.4. The Hall–Kier alpha value is -0.950. The summed E-state index contributed by atoms with van der Waals surface area (Å²) in [5.41, 5.74) is 0. The summed E-state index contributed by atoms with van der Waals surface area (Å²) in [6, 6.07) is -0.229. The second-order valence-corrected chi connectivity index (χ2v) is 5.98. The smallest absolute Gasteiger partial charge is 0.244 e. The van der Waals surface area contributed by atoms with E-state index in [4.69, 9.17) is 9.47 Å². The molecular formula is C16H28N2O4. The molecule has 3 atom stereocenters. The fraction of sp³-hybridized carbons (Fsp3) is 0.812. The topological polar surface area (TPSA) is 71.0 Å². The maximum absolute atomic E-state index is 12.0. The van der Waals surface area contributed by atoms with E-state index >= 15 is 0 Å². The number of carbonyl (C=O) groups excluding carboxylic acids is 1. The summed E-state index contributed by atoms with van der Waals surface area (Å²) in [5.74, 6) is -0.144. The number of amides is 1. The summed E-state index contributed by atoms with van der Waals surface area (Å²) in [6.07, 6.45) is 6.27. The van der Waals surface area contributed by atoms with Crippen molar-refractivity contribution in [3.8, 4) is 0 Å². The molecule has 0 aromatic heterocycles. The van der Waals surface area contributed by atoms with Crippen LogP contribution in [0.1, 0.15) is 25.7 Å². The third kappa shape index (κ3) is 5.35. The molecule has 6 nitrogen and oxygen atoms in total. The quantitative estimate of drug-likeness (QED) is 0.565. The lowest BCUT2D eigenvalue weighted by molar-refractivity contribution is -0.119. The molecule has 0 aromatic carbocycles. The lowest BCUT2D eigenvalue weighted by Crippen LogP contribution is -2.47. The van der Waals surface area contributed by atoms with Crippen LogP contribution in [-0.2, 0) is 14.3 Å². The number of hydrogen-bond acceptors (Lipinski definition) is 5. The van der Waals surface area contributed by atoms with Gasteiger partial charge >= 0.3 is 0 Å². The van der Waals surface area contributed by atoms with Gasteiger partial charge in [-0.05, 0) is 12.8 Å². The van der Waals surface area contributed by atoms with Gasteiger partial charge in [-0.1, -0.05) is 18.9 Å². The predicted molar refractivity (Wildman–Crippen MR) is 83.6 cm³/mol. The van der Waals surface area contributed by atoms with Crippen molar-refractivity contribution in [3.05, 3.63) is 12.2 Å². The second kappa shape index (κ2) is 9.25. The summed E-state index contributed by atoms with van der Waals surface area (Å²) >= 11 is 0. The van der Waals surface area contributed by atoms with Gasteiger partial charge in [0.1, 0.15) is 6.10 Å². The van der Waals surface area contributed by atoms with Gasteiger partial charge in [0.15, 0.2) is 0 Å². The Morgan fingerprint density at radius 1 is 1.36 bits per heavy atom. The largest absolute Gasteiger partial charge is 0.388 e. The molecular weight excluding hydrogens is 284 g/mol. The Morgan fingerprint density at radius 2 is 2.09 bits per heavy atom. The summed E-state index contributed by atoms with van der Waals surface area (Å²) in [4.78, 5) is 14.3. The van der Waals surface area contributed by atoms with Gasteiger partial charge in [-0.2, -0.15) is 0 Å². The van der Waals surface area contributed by atoms with Gasteiger partial charge in [0, 0.05) is 32.8 Å². The number of carbonyl (C=O) groups is 1. The van der Waals surface area contributed by atoms with Gasteiger partial charge < -0.3 is 19.9 Å². The van der Waals surface area contributed by atoms with Crippen LogP contribution in [0.3, 0.4) is 0 Å². The molecule has 0 spiro atoms. The molecule has 1 saturated carbocycles. The van der Waals surface area contributed by atoms with Crippen LogP contribution >= 0.6 is 0 Å². The van der Waals surface area contributed by atoms with E-state index in [1.165, 1.54) is 0 Å². The monoisotopic (exact) mass is 312 g/mol. The third-order valence-electron chi connectivity index (χ3n) is 4.41. The first kappa shape index (κ1) is 17.4. The number of aliphatic hydroxyl groups excluding tert-OH is 1. The molecule has 1 saturated heterocycles. The number of rotatable bonds is 5. The Bertz CT molecular complexity index is 369. The molecule has 22 heavy (non-hydrogen) atoms. The fourth-order valence-corrected chi connectivity index (χ4v) is 3.05. The first-order valence-corrected chi connectivity index (χ1v) is 8.18. The van der Waals surface area contributed by atoms with Crippen LogP contribution in [0.4, 0.5) is 0 Å². The van der Waals surface area contributed by atoms with Crippen molar-refractivity contribution < 1.29 is 19.4 Å². The van der Waals surface area contributed by atoms with E-state index in [1.807, 2.05) is 6.08 Å². The van der Waals surface area contributed by atoms with E-state index in [0.717, 1.165) is 58.5 Å². The zero-order chi connectivity index (χ0) is 15.8. The highest BCUT2D eigenvalue weighted by Crippen LogP contribution is 2.20. The molecule has 0 bridgehead atoms. The van der Waals surface area contributed by atoms with Crippen LogP contribution in [-0.4, -0.2) is 74.1 Å². The maximum atomic E-state index is 12.0. The molecule has 1 heterocycles. The van der Waals surface area contributed by atoms with E-state index in [-0.39, 0.29) is 18.1 Å². The van der Waals surface area contributed by atoms with Gasteiger partial charge in [0.25, 0.3) is 0 Å². The average Bonchev–Trinajstić information content (AvgIpc) is 2.70. The highest BCUT2D eigenvalue weighted by atomic mass is 16.5. The van der Waals surface area contributed by atoms with Crippen molar-refractivity contribution in [2.45, 2.75) is 43.9 Å². The molecule has 0 radical (unpaired) electrons. The van der Waals surface area contributed by atoms with Gasteiger partial charge in [-0.15, -0.1) is 0 Å². The van der Waals surface area contributed by atoms with Crippen LogP contribution in [0.5, 0.6) is 0 Å². The molecule has 2 aliphatic rings. The molecule has 6 heteroatoms. The second-order valence-electron chi connectivity index (χ2n) is 5.98. The number of ether oxygens (including phenoxy) is 2. The Labute approximate surface area is 132 Å². The predicted octanol–water partition coefficient (Wildman–Crippen LogP) is 0.310. The SMILES string of the molecule is CO[C@@H]1CCCC[C@@H](NC(=O)/C=C/CN2CCOCC2)[C@H]1O. The van der Waals surface area contributed by atoms with E-state index in [0.29, 0.717) is 0 Å². The van der Waals surface area contributed by atoms with E-state index < -0.39 is 6.10 Å². The third-order valence-corrected chi connectivity index (χ3v) is 4.41. The fourth-order valence-electron chi connectivity index (χ4n) is 3.05. The van der Waals surface area contributed by atoms with Gasteiger partial charge in [-0.25, -0.2) is 0 Å². The molecule has 1 aliphatic carbocycles. The number of aliphatic hydroxyl groups is 1. The van der Waals surface area contributed by atoms with Gasteiger partial charge in [-0.3, -0.25) is 9.69 Å². The van der Waals surface area contributed by atoms with E-state index in [1.54, 1.807) is 13.2 Å². The van der Waals surface area contributed by atoms with Crippen LogP contribution < -0.4 is 5.32 Å². The molecule has 1 amide bonds. The normalized spacial score (nSPS) is 31.1. The zero-order valence-electron chi connectivity index (χ0n) is 13.4. The maximum Gasteiger partial charge on any atom is 0.244 e. The van der Waals surface area contributed by atoms with Crippen molar-refractivity contribution >= 4 is 5.91 Å². The van der Waals surface area contributed by atoms with Gasteiger partial charge in [0.2, 0.25) is 5.91 Å². The minimum atomic E-state index is -0.635. The summed E-state index contributed by atoms with van der Waals surface area (Å²) < 4.78 is 10.6. The van der Waals surface area contributed by atoms with Crippen molar-refractivity contribution in [2.75, 3.05) is 40.0 Å². The van der Waals surface area contributed by atoms with Crippen molar-refractivity contribution in [3.63, 3.8) is 0 Å². The van der Waals surface area contributed by atoms with Crippen LogP contribution in [0.25, 0.3) is 0 Å². The Morgan fingerprint density at radius 3 is 2.82 bits per heavy atom. The highest BCUT2D eigenvalue weighted by molar-refractivity contribution is 5.87. The Kier molecular flexibility index (Phi) is 7.32. The minimum Gasteiger partial charge on any atom is -0.388 e. The lowest BCUT2D eigenvalue weighted by atomic mass is 10.0. The van der Waals surface area contributed by atoms with E-state index in [9.17, 15) is 9.90 Å². The van der Waals surface area contributed by atoms with Crippen molar-refractivity contribution in [1.82, 2.24) is 10.2 Å². The number of morpholine rings is 1. The van der Waals surface area contributed by atoms with E-state index in [2.05, 4.69) is 10.2 Å². The molecule has 2 rings (SSSR count). The Balaban J connectivity index is 1.77. The number of nitrogens with one attached hydrogen (secondary N) is 1. The number of nitrogens with zero attached hydrogens (tertiary/aromatic N) is 1. The van der Waals surface area contributed by atoms with Gasteiger partial charge in [0.05, 0.1) is 25.4 Å². The summed E-state index contributed by atoms with van der Waals surface area (Å²) in [5, 5.41) is 13.2. The molecule has 2 fully saturated rings. The number of methoxy groups -OCH3 is 1. The minimum absolute atomic E-state index is 0.144. The molecule has 0 unspecified atom stereocenters. The van der Waals surface area contributed by atoms with Crippen LogP contribution in [0.2, 0.25) is 0 Å². The number of hydrogen-bond donors (Lipinski definition) is 2.